The fourth-order valence-corrected chi connectivity index (χ4v) is 4.04. The third-order valence-electron chi connectivity index (χ3n) is 4.54. The first-order chi connectivity index (χ1) is 13.2. The van der Waals surface area contributed by atoms with Crippen molar-refractivity contribution in [1.29, 1.82) is 0 Å². The molecule has 2 aromatic rings. The summed E-state index contributed by atoms with van der Waals surface area (Å²) in [6, 6.07) is 12.6. The van der Waals surface area contributed by atoms with Gasteiger partial charge in [0.15, 0.2) is 0 Å². The van der Waals surface area contributed by atoms with Crippen molar-refractivity contribution in [3.05, 3.63) is 48.0 Å². The quantitative estimate of drug-likeness (QED) is 0.688. The number of ether oxygens (including phenoxy) is 2. The lowest BCUT2D eigenvalue weighted by Crippen LogP contribution is -2.34. The zero-order valence-electron chi connectivity index (χ0n) is 17.3. The molecular formula is C20H29N3O4S. The predicted octanol–water partition coefficient (Wildman–Crippen LogP) is 2.35. The van der Waals surface area contributed by atoms with Crippen molar-refractivity contribution in [1.82, 2.24) is 9.62 Å². The van der Waals surface area contributed by atoms with Crippen LogP contribution in [0.2, 0.25) is 0 Å². The third kappa shape index (κ3) is 5.15. The van der Waals surface area contributed by atoms with E-state index in [0.29, 0.717) is 5.75 Å². The zero-order valence-corrected chi connectivity index (χ0v) is 18.1. The molecule has 154 valence electrons. The maximum Gasteiger partial charge on any atom is 0.244 e. The number of benzene rings is 2. The number of hydrogen-bond acceptors (Lipinski definition) is 6. The van der Waals surface area contributed by atoms with Crippen LogP contribution >= 0.6 is 0 Å². The van der Waals surface area contributed by atoms with Crippen molar-refractivity contribution in [2.45, 2.75) is 10.9 Å². The smallest absolute Gasteiger partial charge is 0.244 e. The van der Waals surface area contributed by atoms with Crippen molar-refractivity contribution >= 4 is 15.7 Å². The van der Waals surface area contributed by atoms with Gasteiger partial charge in [0.1, 0.15) is 16.4 Å². The van der Waals surface area contributed by atoms with Crippen molar-refractivity contribution < 1.29 is 17.9 Å². The van der Waals surface area contributed by atoms with E-state index in [1.807, 2.05) is 62.3 Å². The number of nitrogens with one attached hydrogen (secondary N) is 1. The van der Waals surface area contributed by atoms with Crippen LogP contribution in [0.25, 0.3) is 0 Å². The molecule has 8 heteroatoms. The van der Waals surface area contributed by atoms with E-state index in [1.165, 1.54) is 20.3 Å². The SMILES string of the molecule is COc1ccc(S(=O)(=O)NC[C@H](c2ccc(N(C)C)cc2)N(C)C)c(OC)c1. The van der Waals surface area contributed by atoms with E-state index < -0.39 is 10.0 Å². The average molecular weight is 408 g/mol. The van der Waals surface area contributed by atoms with Crippen molar-refractivity contribution in [2.75, 3.05) is 53.9 Å². The van der Waals surface area contributed by atoms with E-state index >= 15 is 0 Å². The molecule has 0 heterocycles. The number of anilines is 1. The number of nitrogens with zero attached hydrogens (tertiary/aromatic N) is 2. The van der Waals surface area contributed by atoms with Gasteiger partial charge >= 0.3 is 0 Å². The summed E-state index contributed by atoms with van der Waals surface area (Å²) in [5, 5.41) is 0. The van der Waals surface area contributed by atoms with E-state index in [-0.39, 0.29) is 23.2 Å². The maximum absolute atomic E-state index is 12.9. The molecule has 0 spiro atoms. The first-order valence-electron chi connectivity index (χ1n) is 8.85. The topological polar surface area (TPSA) is 71.1 Å². The fraction of sp³-hybridized carbons (Fsp3) is 0.400. The Morgan fingerprint density at radius 1 is 0.964 bits per heavy atom. The standard InChI is InChI=1S/C20H29N3O4S/c1-22(2)16-9-7-15(8-10-16)18(23(3)4)14-21-28(24,25)20-12-11-17(26-5)13-19(20)27-6/h7-13,18,21H,14H2,1-6H3/t18-/m1/s1. The molecule has 0 bridgehead atoms. The molecule has 2 aromatic carbocycles. The van der Waals surface area contributed by atoms with E-state index in [9.17, 15) is 8.42 Å². The van der Waals surface area contributed by atoms with Gasteiger partial charge in [-0.15, -0.1) is 0 Å². The molecule has 0 unspecified atom stereocenters. The number of methoxy groups -OCH3 is 2. The lowest BCUT2D eigenvalue weighted by atomic mass is 10.1. The molecule has 1 atom stereocenters. The van der Waals surface area contributed by atoms with Gasteiger partial charge in [0.2, 0.25) is 10.0 Å². The van der Waals surface area contributed by atoms with E-state index in [1.54, 1.807) is 12.1 Å². The van der Waals surface area contributed by atoms with Crippen LogP contribution in [0.3, 0.4) is 0 Å². The van der Waals surface area contributed by atoms with Gasteiger partial charge < -0.3 is 19.3 Å². The summed E-state index contributed by atoms with van der Waals surface area (Å²) in [4.78, 5) is 4.09. The second-order valence-corrected chi connectivity index (χ2v) is 8.57. The molecule has 2 rings (SSSR count). The van der Waals surface area contributed by atoms with Crippen LogP contribution in [0.5, 0.6) is 11.5 Å². The highest BCUT2D eigenvalue weighted by atomic mass is 32.2. The summed E-state index contributed by atoms with van der Waals surface area (Å²) in [5.41, 5.74) is 2.12. The number of likely N-dealkylation sites (N-methyl/N-ethyl adjacent to an activating group) is 1. The normalized spacial score (nSPS) is 12.7. The van der Waals surface area contributed by atoms with Crippen molar-refractivity contribution in [3.8, 4) is 11.5 Å². The number of rotatable bonds is 9. The van der Waals surface area contributed by atoms with Gasteiger partial charge in [-0.1, -0.05) is 12.1 Å². The molecule has 0 aliphatic carbocycles. The Hall–Kier alpha value is -2.29. The van der Waals surface area contributed by atoms with Crippen molar-refractivity contribution in [2.24, 2.45) is 0 Å². The Kier molecular flexibility index (Phi) is 7.29. The molecule has 0 saturated heterocycles. The lowest BCUT2D eigenvalue weighted by Gasteiger charge is -2.26. The molecule has 0 aromatic heterocycles. The second-order valence-electron chi connectivity index (χ2n) is 6.83. The summed E-state index contributed by atoms with van der Waals surface area (Å²) >= 11 is 0. The Morgan fingerprint density at radius 2 is 1.61 bits per heavy atom. The van der Waals surface area contributed by atoms with E-state index in [4.69, 9.17) is 9.47 Å². The van der Waals surface area contributed by atoms with Crippen LogP contribution in [0.15, 0.2) is 47.4 Å². The lowest BCUT2D eigenvalue weighted by molar-refractivity contribution is 0.299. The van der Waals surface area contributed by atoms with Crippen LogP contribution in [0.1, 0.15) is 11.6 Å². The van der Waals surface area contributed by atoms with Gasteiger partial charge in [0.25, 0.3) is 0 Å². The van der Waals surface area contributed by atoms with Crippen LogP contribution in [-0.2, 0) is 10.0 Å². The Balaban J connectivity index is 2.23. The van der Waals surface area contributed by atoms with Crippen LogP contribution in [0, 0.1) is 0 Å². The van der Waals surface area contributed by atoms with Gasteiger partial charge in [0, 0.05) is 38.4 Å². The van der Waals surface area contributed by atoms with E-state index in [2.05, 4.69) is 4.72 Å². The molecule has 0 fully saturated rings. The number of sulfonamides is 1. The Morgan fingerprint density at radius 3 is 2.11 bits per heavy atom. The minimum Gasteiger partial charge on any atom is -0.497 e. The molecule has 0 aliphatic heterocycles. The van der Waals surface area contributed by atoms with Gasteiger partial charge in [-0.2, -0.15) is 0 Å². The minimum atomic E-state index is -3.75. The monoisotopic (exact) mass is 407 g/mol. The van der Waals surface area contributed by atoms with Gasteiger partial charge in [-0.05, 0) is 43.9 Å². The van der Waals surface area contributed by atoms with E-state index in [0.717, 1.165) is 11.3 Å². The maximum atomic E-state index is 12.9. The summed E-state index contributed by atoms with van der Waals surface area (Å²) in [5.74, 6) is 0.770. The Bertz CT molecular complexity index is 881. The van der Waals surface area contributed by atoms with Crippen LogP contribution in [0.4, 0.5) is 5.69 Å². The van der Waals surface area contributed by atoms with Crippen molar-refractivity contribution in [3.63, 3.8) is 0 Å². The minimum absolute atomic E-state index is 0.0799. The molecule has 0 amide bonds. The summed E-state index contributed by atoms with van der Waals surface area (Å²) in [6.45, 7) is 0.228. The summed E-state index contributed by atoms with van der Waals surface area (Å²) in [7, 11) is 7.01. The second kappa shape index (κ2) is 9.27. The summed E-state index contributed by atoms with van der Waals surface area (Å²) in [6.07, 6.45) is 0. The summed E-state index contributed by atoms with van der Waals surface area (Å²) < 4.78 is 38.8. The van der Waals surface area contributed by atoms with Gasteiger partial charge in [-0.25, -0.2) is 13.1 Å². The Labute approximate surface area is 167 Å². The van der Waals surface area contributed by atoms with Gasteiger partial charge in [0.05, 0.1) is 14.2 Å². The average Bonchev–Trinajstić information content (AvgIpc) is 2.67. The highest BCUT2D eigenvalue weighted by Gasteiger charge is 2.23. The molecule has 0 radical (unpaired) electrons. The largest absolute Gasteiger partial charge is 0.497 e. The molecule has 0 saturated carbocycles. The highest BCUT2D eigenvalue weighted by molar-refractivity contribution is 7.89. The molecule has 7 nitrogen and oxygen atoms in total. The van der Waals surface area contributed by atoms with Gasteiger partial charge in [-0.3, -0.25) is 0 Å². The predicted molar refractivity (Wildman–Crippen MR) is 112 cm³/mol. The zero-order chi connectivity index (χ0) is 20.9. The fourth-order valence-electron chi connectivity index (χ4n) is 2.86. The highest BCUT2D eigenvalue weighted by Crippen LogP contribution is 2.29. The van der Waals surface area contributed by atoms with Crippen LogP contribution in [-0.4, -0.2) is 62.3 Å². The molecule has 28 heavy (non-hydrogen) atoms. The first-order valence-corrected chi connectivity index (χ1v) is 10.3. The first kappa shape index (κ1) is 22.0. The molecule has 1 N–H and O–H groups in total. The number of hydrogen-bond donors (Lipinski definition) is 1. The molecular weight excluding hydrogens is 378 g/mol. The molecule has 0 aliphatic rings. The van der Waals surface area contributed by atoms with Crippen LogP contribution < -0.4 is 19.1 Å². The third-order valence-corrected chi connectivity index (χ3v) is 6.01.